The second-order valence-electron chi connectivity index (χ2n) is 6.35. The SMILES string of the molecule is COc1ccc(C2CC(N)CN(C3CCC3)C2)cc1OC. The number of benzene rings is 1. The molecule has 0 radical (unpaired) electrons. The van der Waals surface area contributed by atoms with Crippen LogP contribution in [0.1, 0.15) is 37.2 Å². The van der Waals surface area contributed by atoms with Crippen molar-refractivity contribution in [3.63, 3.8) is 0 Å². The third-order valence-corrected chi connectivity index (χ3v) is 4.98. The van der Waals surface area contributed by atoms with Crippen molar-refractivity contribution in [2.75, 3.05) is 27.3 Å². The fourth-order valence-corrected chi connectivity index (χ4v) is 3.57. The molecule has 1 heterocycles. The Labute approximate surface area is 127 Å². The lowest BCUT2D eigenvalue weighted by molar-refractivity contribution is 0.0847. The number of hydrogen-bond donors (Lipinski definition) is 1. The van der Waals surface area contributed by atoms with Crippen molar-refractivity contribution in [3.8, 4) is 11.5 Å². The molecule has 0 bridgehead atoms. The predicted molar refractivity (Wildman–Crippen MR) is 84.1 cm³/mol. The summed E-state index contributed by atoms with van der Waals surface area (Å²) in [6.45, 7) is 2.17. The van der Waals surface area contributed by atoms with E-state index in [4.69, 9.17) is 15.2 Å². The molecule has 1 saturated carbocycles. The molecule has 1 saturated heterocycles. The molecule has 116 valence electrons. The van der Waals surface area contributed by atoms with Gasteiger partial charge in [0.05, 0.1) is 14.2 Å². The number of methoxy groups -OCH3 is 2. The Bertz CT molecular complexity index is 488. The molecule has 2 N–H and O–H groups in total. The molecule has 0 aromatic heterocycles. The molecule has 3 rings (SSSR count). The van der Waals surface area contributed by atoms with E-state index < -0.39 is 0 Å². The van der Waals surface area contributed by atoms with Gasteiger partial charge in [0, 0.05) is 25.2 Å². The number of likely N-dealkylation sites (tertiary alicyclic amines) is 1. The van der Waals surface area contributed by atoms with Crippen molar-refractivity contribution in [1.82, 2.24) is 4.90 Å². The normalized spacial score (nSPS) is 27.2. The lowest BCUT2D eigenvalue weighted by Gasteiger charge is -2.44. The van der Waals surface area contributed by atoms with Crippen LogP contribution in [0.4, 0.5) is 0 Å². The first kappa shape index (κ1) is 14.7. The molecule has 2 fully saturated rings. The van der Waals surface area contributed by atoms with Crippen molar-refractivity contribution in [2.45, 2.75) is 43.7 Å². The van der Waals surface area contributed by atoms with E-state index in [1.165, 1.54) is 24.8 Å². The number of hydrogen-bond acceptors (Lipinski definition) is 4. The van der Waals surface area contributed by atoms with Crippen LogP contribution in [0, 0.1) is 0 Å². The maximum absolute atomic E-state index is 6.30. The Morgan fingerprint density at radius 2 is 1.86 bits per heavy atom. The number of ether oxygens (including phenoxy) is 2. The van der Waals surface area contributed by atoms with Gasteiger partial charge in [0.15, 0.2) is 11.5 Å². The summed E-state index contributed by atoms with van der Waals surface area (Å²) in [5, 5.41) is 0. The molecule has 21 heavy (non-hydrogen) atoms. The van der Waals surface area contributed by atoms with Gasteiger partial charge in [-0.1, -0.05) is 12.5 Å². The van der Waals surface area contributed by atoms with Crippen LogP contribution in [0.25, 0.3) is 0 Å². The smallest absolute Gasteiger partial charge is 0.160 e. The highest BCUT2D eigenvalue weighted by Crippen LogP contribution is 2.36. The maximum Gasteiger partial charge on any atom is 0.160 e. The Kier molecular flexibility index (Phi) is 4.36. The zero-order chi connectivity index (χ0) is 14.8. The lowest BCUT2D eigenvalue weighted by atomic mass is 9.84. The van der Waals surface area contributed by atoms with Gasteiger partial charge in [0.2, 0.25) is 0 Å². The topological polar surface area (TPSA) is 47.7 Å². The number of rotatable bonds is 4. The van der Waals surface area contributed by atoms with Crippen LogP contribution in [0.15, 0.2) is 18.2 Å². The molecule has 2 unspecified atom stereocenters. The van der Waals surface area contributed by atoms with Crippen molar-refractivity contribution in [3.05, 3.63) is 23.8 Å². The van der Waals surface area contributed by atoms with E-state index in [0.29, 0.717) is 5.92 Å². The molecular formula is C17H26N2O2. The van der Waals surface area contributed by atoms with E-state index in [-0.39, 0.29) is 6.04 Å². The van der Waals surface area contributed by atoms with Crippen LogP contribution in [0.2, 0.25) is 0 Å². The van der Waals surface area contributed by atoms with Crippen LogP contribution >= 0.6 is 0 Å². The highest BCUT2D eigenvalue weighted by Gasteiger charge is 2.33. The fourth-order valence-electron chi connectivity index (χ4n) is 3.57. The molecule has 1 aromatic carbocycles. The molecule has 2 aliphatic rings. The highest BCUT2D eigenvalue weighted by molar-refractivity contribution is 5.44. The fraction of sp³-hybridized carbons (Fsp3) is 0.647. The molecule has 1 aromatic rings. The van der Waals surface area contributed by atoms with Crippen molar-refractivity contribution < 1.29 is 9.47 Å². The van der Waals surface area contributed by atoms with E-state index in [1.807, 2.05) is 6.07 Å². The average molecular weight is 290 g/mol. The summed E-state index contributed by atoms with van der Waals surface area (Å²) >= 11 is 0. The third kappa shape index (κ3) is 3.01. The van der Waals surface area contributed by atoms with Crippen LogP contribution in [0.5, 0.6) is 11.5 Å². The van der Waals surface area contributed by atoms with Gasteiger partial charge in [-0.25, -0.2) is 0 Å². The van der Waals surface area contributed by atoms with E-state index in [9.17, 15) is 0 Å². The largest absolute Gasteiger partial charge is 0.493 e. The first-order valence-electron chi connectivity index (χ1n) is 7.92. The van der Waals surface area contributed by atoms with Crippen LogP contribution in [0.3, 0.4) is 0 Å². The van der Waals surface area contributed by atoms with Crippen molar-refractivity contribution >= 4 is 0 Å². The zero-order valence-electron chi connectivity index (χ0n) is 13.0. The van der Waals surface area contributed by atoms with E-state index in [1.54, 1.807) is 14.2 Å². The Morgan fingerprint density at radius 1 is 1.10 bits per heavy atom. The summed E-state index contributed by atoms with van der Waals surface area (Å²) < 4.78 is 10.8. The molecular weight excluding hydrogens is 264 g/mol. The van der Waals surface area contributed by atoms with E-state index >= 15 is 0 Å². The van der Waals surface area contributed by atoms with Gasteiger partial charge in [-0.05, 0) is 42.9 Å². The Morgan fingerprint density at radius 3 is 2.48 bits per heavy atom. The van der Waals surface area contributed by atoms with Crippen LogP contribution in [-0.4, -0.2) is 44.3 Å². The first-order chi connectivity index (χ1) is 10.2. The average Bonchev–Trinajstić information content (AvgIpc) is 2.44. The predicted octanol–water partition coefficient (Wildman–Crippen LogP) is 2.37. The third-order valence-electron chi connectivity index (χ3n) is 4.98. The highest BCUT2D eigenvalue weighted by atomic mass is 16.5. The van der Waals surface area contributed by atoms with Gasteiger partial charge in [-0.15, -0.1) is 0 Å². The van der Waals surface area contributed by atoms with Crippen LogP contribution < -0.4 is 15.2 Å². The molecule has 4 nitrogen and oxygen atoms in total. The van der Waals surface area contributed by atoms with E-state index in [0.717, 1.165) is 37.1 Å². The number of nitrogens with two attached hydrogens (primary N) is 1. The van der Waals surface area contributed by atoms with Crippen LogP contribution in [-0.2, 0) is 0 Å². The van der Waals surface area contributed by atoms with E-state index in [2.05, 4.69) is 17.0 Å². The monoisotopic (exact) mass is 290 g/mol. The quantitative estimate of drug-likeness (QED) is 0.925. The summed E-state index contributed by atoms with van der Waals surface area (Å²) in [4.78, 5) is 2.60. The van der Waals surface area contributed by atoms with Gasteiger partial charge < -0.3 is 15.2 Å². The standard InChI is InChI=1S/C17H26N2O2/c1-20-16-7-6-12(9-17(16)21-2)13-8-14(18)11-19(10-13)15-4-3-5-15/h6-7,9,13-15H,3-5,8,10-11,18H2,1-2H3. The molecule has 1 aliphatic carbocycles. The van der Waals surface area contributed by atoms with Gasteiger partial charge in [0.25, 0.3) is 0 Å². The zero-order valence-corrected chi connectivity index (χ0v) is 13.0. The lowest BCUT2D eigenvalue weighted by Crippen LogP contribution is -2.52. The minimum Gasteiger partial charge on any atom is -0.493 e. The molecule has 1 aliphatic heterocycles. The molecule has 4 heteroatoms. The Balaban J connectivity index is 1.78. The number of piperidine rings is 1. The van der Waals surface area contributed by atoms with Crippen molar-refractivity contribution in [1.29, 1.82) is 0 Å². The summed E-state index contributed by atoms with van der Waals surface area (Å²) in [7, 11) is 3.36. The molecule has 0 amide bonds. The molecule has 2 atom stereocenters. The van der Waals surface area contributed by atoms with Crippen molar-refractivity contribution in [2.24, 2.45) is 5.73 Å². The van der Waals surface area contributed by atoms with Gasteiger partial charge in [-0.2, -0.15) is 0 Å². The maximum atomic E-state index is 6.30. The summed E-state index contributed by atoms with van der Waals surface area (Å²) in [6, 6.07) is 7.31. The second kappa shape index (κ2) is 6.24. The summed E-state index contributed by atoms with van der Waals surface area (Å²) in [5.74, 6) is 2.09. The summed E-state index contributed by atoms with van der Waals surface area (Å²) in [5.41, 5.74) is 7.61. The van der Waals surface area contributed by atoms with Gasteiger partial charge >= 0.3 is 0 Å². The number of nitrogens with zero attached hydrogens (tertiary/aromatic N) is 1. The minimum atomic E-state index is 0.275. The first-order valence-corrected chi connectivity index (χ1v) is 7.92. The molecule has 0 spiro atoms. The Hall–Kier alpha value is -1.26. The minimum absolute atomic E-state index is 0.275. The summed E-state index contributed by atoms with van der Waals surface area (Å²) in [6.07, 6.45) is 5.10. The van der Waals surface area contributed by atoms with Gasteiger partial charge in [0.1, 0.15) is 0 Å². The second-order valence-corrected chi connectivity index (χ2v) is 6.35. The van der Waals surface area contributed by atoms with Gasteiger partial charge in [-0.3, -0.25) is 4.90 Å².